The van der Waals surface area contributed by atoms with E-state index in [0.717, 1.165) is 62.1 Å². The van der Waals surface area contributed by atoms with Crippen molar-refractivity contribution in [2.24, 2.45) is 5.41 Å². The number of hydrogen-bond acceptors (Lipinski definition) is 5. The van der Waals surface area contributed by atoms with E-state index in [2.05, 4.69) is 23.7 Å². The van der Waals surface area contributed by atoms with Crippen molar-refractivity contribution in [3.63, 3.8) is 0 Å². The summed E-state index contributed by atoms with van der Waals surface area (Å²) in [4.78, 5) is 35.8. The number of carbonyl (C=O) groups is 1. The highest BCUT2D eigenvalue weighted by atomic mass is 32.2. The molecule has 11 heteroatoms. The van der Waals surface area contributed by atoms with Gasteiger partial charge in [-0.3, -0.25) is 9.59 Å². The SMILES string of the molecule is CCN(CC)CCN(CC12CC(c3ccc(C(F)(F)F)cc3)(C1)C2)C(=O)Cn1c(SCc2ccc(F)cc2)nc(=O)c2c1CCC2. The van der Waals surface area contributed by atoms with Crippen LogP contribution >= 0.6 is 11.8 Å². The Hall–Kier alpha value is -3.18. The molecular formula is C35H40F4N4O2S. The molecule has 1 heterocycles. The maximum absolute atomic E-state index is 14.2. The van der Waals surface area contributed by atoms with Gasteiger partial charge in [-0.25, -0.2) is 4.39 Å². The number of rotatable bonds is 13. The number of fused-ring (bicyclic) bond motifs is 1. The van der Waals surface area contributed by atoms with Gasteiger partial charge in [-0.05, 0) is 97.8 Å². The van der Waals surface area contributed by atoms with Crippen LogP contribution in [0.15, 0.2) is 58.5 Å². The fraction of sp³-hybridized carbons (Fsp3) is 0.514. The molecule has 3 aromatic rings. The van der Waals surface area contributed by atoms with Crippen LogP contribution in [0.25, 0.3) is 0 Å². The molecule has 0 N–H and O–H groups in total. The second-order valence-corrected chi connectivity index (χ2v) is 14.2. The van der Waals surface area contributed by atoms with Gasteiger partial charge in [-0.15, -0.1) is 0 Å². The molecule has 3 fully saturated rings. The summed E-state index contributed by atoms with van der Waals surface area (Å²) in [5, 5.41) is 0.499. The van der Waals surface area contributed by atoms with Crippen molar-refractivity contribution < 1.29 is 22.4 Å². The predicted octanol–water partition coefficient (Wildman–Crippen LogP) is 6.47. The van der Waals surface area contributed by atoms with Gasteiger partial charge in [-0.2, -0.15) is 18.2 Å². The minimum absolute atomic E-state index is 0.0244. The lowest BCUT2D eigenvalue weighted by molar-refractivity contribution is -0.166. The maximum atomic E-state index is 14.2. The quantitative estimate of drug-likeness (QED) is 0.120. The third-order valence-electron chi connectivity index (χ3n) is 10.2. The molecule has 1 amide bonds. The molecule has 6 nitrogen and oxygen atoms in total. The standard InChI is InChI=1S/C35H40F4N4O2S/c1-3-41(4-2)16-17-42(23-33-20-34(21-33,22-33)25-10-12-26(13-11-25)35(37,38)39)30(44)18-43-29-7-5-6-28(29)31(45)40-32(43)46-19-24-8-14-27(36)15-9-24/h8-15H,3-7,16-23H2,1-2H3. The molecule has 4 aliphatic carbocycles. The Morgan fingerprint density at radius 2 is 1.65 bits per heavy atom. The minimum Gasteiger partial charge on any atom is -0.339 e. The Morgan fingerprint density at radius 3 is 2.28 bits per heavy atom. The second kappa shape index (κ2) is 12.8. The Morgan fingerprint density at radius 1 is 0.978 bits per heavy atom. The van der Waals surface area contributed by atoms with Crippen LogP contribution in [0.1, 0.15) is 67.5 Å². The van der Waals surface area contributed by atoms with Gasteiger partial charge in [-0.1, -0.05) is 49.9 Å². The summed E-state index contributed by atoms with van der Waals surface area (Å²) in [5.41, 5.74) is 2.39. The number of alkyl halides is 3. The van der Waals surface area contributed by atoms with Crippen molar-refractivity contribution in [3.8, 4) is 0 Å². The summed E-state index contributed by atoms with van der Waals surface area (Å²) >= 11 is 1.38. The summed E-state index contributed by atoms with van der Waals surface area (Å²) in [5.74, 6) is 0.148. The van der Waals surface area contributed by atoms with Gasteiger partial charge in [0.25, 0.3) is 5.56 Å². The highest BCUT2D eigenvalue weighted by Crippen LogP contribution is 2.73. The Bertz CT molecular complexity index is 1610. The molecule has 0 radical (unpaired) electrons. The average Bonchev–Trinajstić information content (AvgIpc) is 3.49. The van der Waals surface area contributed by atoms with Crippen LogP contribution in [0.4, 0.5) is 17.6 Å². The first kappa shape index (κ1) is 32.7. The van der Waals surface area contributed by atoms with Crippen LogP contribution in [-0.4, -0.2) is 58.0 Å². The number of amides is 1. The largest absolute Gasteiger partial charge is 0.416 e. The van der Waals surface area contributed by atoms with Crippen LogP contribution in [-0.2, 0) is 41.5 Å². The average molecular weight is 657 g/mol. The number of likely N-dealkylation sites (N-methyl/N-ethyl adjacent to an activating group) is 1. The zero-order valence-electron chi connectivity index (χ0n) is 26.3. The van der Waals surface area contributed by atoms with Crippen molar-refractivity contribution in [3.05, 3.63) is 92.6 Å². The third kappa shape index (κ3) is 6.50. The van der Waals surface area contributed by atoms with Crippen LogP contribution in [0.2, 0.25) is 0 Å². The van der Waals surface area contributed by atoms with Crippen molar-refractivity contribution in [1.82, 2.24) is 19.4 Å². The van der Waals surface area contributed by atoms with E-state index < -0.39 is 11.7 Å². The smallest absolute Gasteiger partial charge is 0.339 e. The lowest BCUT2D eigenvalue weighted by atomic mass is 9.33. The van der Waals surface area contributed by atoms with Gasteiger partial charge in [0.2, 0.25) is 5.91 Å². The molecule has 0 unspecified atom stereocenters. The van der Waals surface area contributed by atoms with E-state index in [0.29, 0.717) is 42.4 Å². The monoisotopic (exact) mass is 656 g/mol. The topological polar surface area (TPSA) is 58.4 Å². The number of thioether (sulfide) groups is 1. The summed E-state index contributed by atoms with van der Waals surface area (Å²) in [6.45, 7) is 7.96. The molecule has 0 saturated heterocycles. The predicted molar refractivity (Wildman–Crippen MR) is 170 cm³/mol. The van der Waals surface area contributed by atoms with Crippen molar-refractivity contribution in [2.45, 2.75) is 81.4 Å². The van der Waals surface area contributed by atoms with E-state index in [1.54, 1.807) is 24.3 Å². The molecule has 4 aliphatic rings. The fourth-order valence-electron chi connectivity index (χ4n) is 7.81. The maximum Gasteiger partial charge on any atom is 0.416 e. The summed E-state index contributed by atoms with van der Waals surface area (Å²) in [6.07, 6.45) is 0.415. The molecule has 1 aromatic heterocycles. The van der Waals surface area contributed by atoms with Gasteiger partial charge in [0.05, 0.1) is 5.56 Å². The van der Waals surface area contributed by atoms with Gasteiger partial charge < -0.3 is 14.4 Å². The van der Waals surface area contributed by atoms with Crippen molar-refractivity contribution in [2.75, 3.05) is 32.7 Å². The first-order valence-corrected chi connectivity index (χ1v) is 17.1. The molecule has 2 bridgehead atoms. The number of hydrogen-bond donors (Lipinski definition) is 0. The first-order valence-electron chi connectivity index (χ1n) is 16.1. The highest BCUT2D eigenvalue weighted by Gasteiger charge is 2.68. The minimum atomic E-state index is -4.36. The van der Waals surface area contributed by atoms with Gasteiger partial charge >= 0.3 is 6.18 Å². The number of carbonyl (C=O) groups excluding carboxylic acids is 1. The lowest BCUT2D eigenvalue weighted by Crippen LogP contribution is -2.68. The van der Waals surface area contributed by atoms with E-state index in [1.165, 1.54) is 36.0 Å². The second-order valence-electron chi connectivity index (χ2n) is 13.2. The van der Waals surface area contributed by atoms with Crippen LogP contribution < -0.4 is 5.56 Å². The van der Waals surface area contributed by atoms with Gasteiger partial charge in [0.1, 0.15) is 12.4 Å². The Kier molecular flexibility index (Phi) is 9.10. The van der Waals surface area contributed by atoms with Gasteiger partial charge in [0.15, 0.2) is 5.16 Å². The molecule has 0 spiro atoms. The molecule has 46 heavy (non-hydrogen) atoms. The summed E-state index contributed by atoms with van der Waals surface area (Å²) < 4.78 is 54.7. The number of aromatic nitrogens is 2. The lowest BCUT2D eigenvalue weighted by Gasteiger charge is -2.72. The highest BCUT2D eigenvalue weighted by molar-refractivity contribution is 7.98. The molecule has 2 aromatic carbocycles. The normalized spacial score (nSPS) is 21.5. The van der Waals surface area contributed by atoms with Crippen LogP contribution in [0, 0.1) is 11.2 Å². The van der Waals surface area contributed by atoms with Crippen LogP contribution in [0.5, 0.6) is 0 Å². The number of halogens is 4. The van der Waals surface area contributed by atoms with Gasteiger partial charge in [0, 0.05) is 36.6 Å². The summed E-state index contributed by atoms with van der Waals surface area (Å²) in [6, 6.07) is 11.8. The zero-order valence-corrected chi connectivity index (χ0v) is 27.2. The van der Waals surface area contributed by atoms with E-state index in [9.17, 15) is 27.2 Å². The number of benzene rings is 2. The molecule has 7 rings (SSSR count). The number of nitrogens with zero attached hydrogens (tertiary/aromatic N) is 4. The molecular weight excluding hydrogens is 616 g/mol. The Balaban J connectivity index is 1.20. The van der Waals surface area contributed by atoms with E-state index in [4.69, 9.17) is 0 Å². The molecule has 246 valence electrons. The molecule has 3 saturated carbocycles. The van der Waals surface area contributed by atoms with E-state index >= 15 is 0 Å². The van der Waals surface area contributed by atoms with E-state index in [1.807, 2.05) is 9.47 Å². The molecule has 0 aliphatic heterocycles. The third-order valence-corrected chi connectivity index (χ3v) is 11.2. The zero-order chi connectivity index (χ0) is 32.7. The molecule has 0 atom stereocenters. The van der Waals surface area contributed by atoms with Crippen molar-refractivity contribution >= 4 is 17.7 Å². The Labute approximate surface area is 271 Å². The summed E-state index contributed by atoms with van der Waals surface area (Å²) in [7, 11) is 0. The van der Waals surface area contributed by atoms with Crippen LogP contribution in [0.3, 0.4) is 0 Å². The van der Waals surface area contributed by atoms with Crippen molar-refractivity contribution in [1.29, 1.82) is 0 Å². The fourth-order valence-corrected chi connectivity index (χ4v) is 8.77. The van der Waals surface area contributed by atoms with E-state index in [-0.39, 0.29) is 34.7 Å². The first-order chi connectivity index (χ1) is 21.9.